The fourth-order valence-corrected chi connectivity index (χ4v) is 2.16. The summed E-state index contributed by atoms with van der Waals surface area (Å²) in [4.78, 5) is 2.38. The van der Waals surface area contributed by atoms with E-state index in [9.17, 15) is 0 Å². The summed E-state index contributed by atoms with van der Waals surface area (Å²) in [6, 6.07) is 8.63. The second-order valence-corrected chi connectivity index (χ2v) is 4.36. The third kappa shape index (κ3) is 2.74. The van der Waals surface area contributed by atoms with Gasteiger partial charge in [-0.2, -0.15) is 0 Å². The van der Waals surface area contributed by atoms with Crippen molar-refractivity contribution in [3.63, 3.8) is 0 Å². The molecule has 0 saturated carbocycles. The van der Waals surface area contributed by atoms with Gasteiger partial charge in [-0.15, -0.1) is 0 Å². The third-order valence-electron chi connectivity index (χ3n) is 2.98. The smallest absolute Gasteiger partial charge is 0.0767 e. The summed E-state index contributed by atoms with van der Waals surface area (Å²) in [5.41, 5.74) is 8.05. The van der Waals surface area contributed by atoms with E-state index in [1.165, 1.54) is 11.3 Å². The van der Waals surface area contributed by atoms with Crippen LogP contribution in [0.5, 0.6) is 0 Å². The molecule has 0 bridgehead atoms. The fourth-order valence-electron chi connectivity index (χ4n) is 2.16. The molecule has 1 aliphatic rings. The molecule has 16 heavy (non-hydrogen) atoms. The largest absolute Gasteiger partial charge is 0.375 e. The molecule has 2 rings (SSSR count). The molecule has 3 nitrogen and oxygen atoms in total. The number of anilines is 1. The molecule has 0 radical (unpaired) electrons. The van der Waals surface area contributed by atoms with Crippen LogP contribution in [0.1, 0.15) is 12.0 Å². The number of nitrogens with two attached hydrogens (primary N) is 1. The van der Waals surface area contributed by atoms with E-state index in [0.717, 1.165) is 19.5 Å². The van der Waals surface area contributed by atoms with E-state index in [4.69, 9.17) is 10.5 Å². The molecular formula is C13H20N2O. The minimum atomic E-state index is 0.351. The summed E-state index contributed by atoms with van der Waals surface area (Å²) >= 11 is 0. The number of nitrogens with zero attached hydrogens (tertiary/aromatic N) is 1. The molecule has 1 atom stereocenters. The topological polar surface area (TPSA) is 38.5 Å². The Balaban J connectivity index is 1.93. The van der Waals surface area contributed by atoms with Gasteiger partial charge in [0.15, 0.2) is 0 Å². The van der Waals surface area contributed by atoms with E-state index in [-0.39, 0.29) is 0 Å². The van der Waals surface area contributed by atoms with Crippen LogP contribution >= 0.6 is 0 Å². The molecule has 1 aliphatic heterocycles. The first-order chi connectivity index (χ1) is 7.79. The molecule has 0 aromatic heterocycles. The highest BCUT2D eigenvalue weighted by Crippen LogP contribution is 2.22. The zero-order chi connectivity index (χ0) is 11.4. The maximum atomic E-state index is 5.67. The van der Waals surface area contributed by atoms with Gasteiger partial charge in [0.2, 0.25) is 0 Å². The maximum Gasteiger partial charge on any atom is 0.0767 e. The van der Waals surface area contributed by atoms with Crippen LogP contribution in [0.3, 0.4) is 0 Å². The molecule has 1 aromatic rings. The monoisotopic (exact) mass is 220 g/mol. The van der Waals surface area contributed by atoms with Crippen LogP contribution in [0.2, 0.25) is 0 Å². The van der Waals surface area contributed by atoms with Crippen molar-refractivity contribution in [2.75, 3.05) is 31.1 Å². The summed E-state index contributed by atoms with van der Waals surface area (Å²) in [5.74, 6) is 0. The van der Waals surface area contributed by atoms with Gasteiger partial charge >= 0.3 is 0 Å². The zero-order valence-electron chi connectivity index (χ0n) is 9.86. The van der Waals surface area contributed by atoms with Crippen LogP contribution < -0.4 is 10.6 Å². The van der Waals surface area contributed by atoms with Crippen molar-refractivity contribution in [1.29, 1.82) is 0 Å². The van der Waals surface area contributed by atoms with E-state index in [1.54, 1.807) is 0 Å². The number of hydrogen-bond donors (Lipinski definition) is 1. The molecule has 1 saturated heterocycles. The molecule has 0 unspecified atom stereocenters. The van der Waals surface area contributed by atoms with Crippen molar-refractivity contribution in [3.8, 4) is 0 Å². The lowest BCUT2D eigenvalue weighted by molar-refractivity contribution is 0.0742. The van der Waals surface area contributed by atoms with Crippen molar-refractivity contribution >= 4 is 5.69 Å². The Kier molecular flexibility index (Phi) is 3.80. The van der Waals surface area contributed by atoms with Crippen molar-refractivity contribution in [1.82, 2.24) is 0 Å². The molecule has 1 heterocycles. The van der Waals surface area contributed by atoms with Crippen molar-refractivity contribution in [2.24, 2.45) is 5.73 Å². The van der Waals surface area contributed by atoms with Gasteiger partial charge in [0.1, 0.15) is 0 Å². The van der Waals surface area contributed by atoms with Crippen molar-refractivity contribution in [3.05, 3.63) is 29.8 Å². The Bertz CT molecular complexity index is 340. The highest BCUT2D eigenvalue weighted by atomic mass is 16.5. The number of ether oxygens (including phenoxy) is 1. The Morgan fingerprint density at radius 2 is 2.38 bits per heavy atom. The van der Waals surface area contributed by atoms with Gasteiger partial charge in [-0.3, -0.25) is 0 Å². The summed E-state index contributed by atoms with van der Waals surface area (Å²) in [6.45, 7) is 5.48. The Labute approximate surface area is 97.2 Å². The van der Waals surface area contributed by atoms with Crippen LogP contribution in [0, 0.1) is 6.92 Å². The molecule has 1 aromatic carbocycles. The van der Waals surface area contributed by atoms with Crippen LogP contribution in [-0.4, -0.2) is 32.3 Å². The lowest BCUT2D eigenvalue weighted by Crippen LogP contribution is -2.24. The van der Waals surface area contributed by atoms with Gasteiger partial charge in [0.05, 0.1) is 12.7 Å². The van der Waals surface area contributed by atoms with Gasteiger partial charge in [-0.25, -0.2) is 0 Å². The molecular weight excluding hydrogens is 200 g/mol. The third-order valence-corrected chi connectivity index (χ3v) is 2.98. The minimum Gasteiger partial charge on any atom is -0.375 e. The van der Waals surface area contributed by atoms with Crippen LogP contribution in [-0.2, 0) is 4.74 Å². The molecule has 88 valence electrons. The van der Waals surface area contributed by atoms with Gasteiger partial charge in [0.25, 0.3) is 0 Å². The Morgan fingerprint density at radius 1 is 1.50 bits per heavy atom. The number of rotatable bonds is 4. The fraction of sp³-hybridized carbons (Fsp3) is 0.538. The van der Waals surface area contributed by atoms with Crippen LogP contribution in [0.15, 0.2) is 24.3 Å². The highest BCUT2D eigenvalue weighted by molar-refractivity contribution is 5.49. The number of benzene rings is 1. The van der Waals surface area contributed by atoms with E-state index >= 15 is 0 Å². The number of aryl methyl sites for hydroxylation is 1. The average Bonchev–Trinajstić information content (AvgIpc) is 2.75. The Hall–Kier alpha value is -1.06. The van der Waals surface area contributed by atoms with E-state index in [0.29, 0.717) is 19.3 Å². The molecule has 0 amide bonds. The summed E-state index contributed by atoms with van der Waals surface area (Å²) in [5, 5.41) is 0. The molecule has 0 spiro atoms. The molecule has 2 N–H and O–H groups in total. The van der Waals surface area contributed by atoms with Crippen molar-refractivity contribution in [2.45, 2.75) is 19.4 Å². The highest BCUT2D eigenvalue weighted by Gasteiger charge is 2.22. The first kappa shape index (κ1) is 11.4. The standard InChI is InChI=1S/C13H20N2O/c1-11-3-2-4-12(9-11)15-7-5-13(10-15)16-8-6-14/h2-4,9,13H,5-8,10,14H2,1H3/t13-/m1/s1. The summed E-state index contributed by atoms with van der Waals surface area (Å²) < 4.78 is 5.67. The normalized spacial score (nSPS) is 20.4. The van der Waals surface area contributed by atoms with E-state index in [1.807, 2.05) is 0 Å². The second kappa shape index (κ2) is 5.32. The van der Waals surface area contributed by atoms with Crippen molar-refractivity contribution < 1.29 is 4.74 Å². The summed E-state index contributed by atoms with van der Waals surface area (Å²) in [6.07, 6.45) is 1.46. The lowest BCUT2D eigenvalue weighted by atomic mass is 10.2. The van der Waals surface area contributed by atoms with Crippen LogP contribution in [0.25, 0.3) is 0 Å². The van der Waals surface area contributed by atoms with Gasteiger partial charge < -0.3 is 15.4 Å². The second-order valence-electron chi connectivity index (χ2n) is 4.36. The summed E-state index contributed by atoms with van der Waals surface area (Å²) in [7, 11) is 0. The SMILES string of the molecule is Cc1cccc(N2CC[C@@H](OCCN)C2)c1. The van der Waals surface area contributed by atoms with Gasteiger partial charge in [-0.1, -0.05) is 12.1 Å². The average molecular weight is 220 g/mol. The van der Waals surface area contributed by atoms with Crippen LogP contribution in [0.4, 0.5) is 5.69 Å². The maximum absolute atomic E-state index is 5.67. The molecule has 3 heteroatoms. The minimum absolute atomic E-state index is 0.351. The zero-order valence-corrected chi connectivity index (χ0v) is 9.86. The van der Waals surface area contributed by atoms with E-state index < -0.39 is 0 Å². The van der Waals surface area contributed by atoms with E-state index in [2.05, 4.69) is 36.1 Å². The van der Waals surface area contributed by atoms with Gasteiger partial charge in [-0.05, 0) is 31.0 Å². The Morgan fingerprint density at radius 3 is 3.12 bits per heavy atom. The predicted octanol–water partition coefficient (Wildman–Crippen LogP) is 1.55. The first-order valence-electron chi connectivity index (χ1n) is 5.93. The first-order valence-corrected chi connectivity index (χ1v) is 5.93. The van der Waals surface area contributed by atoms with Gasteiger partial charge in [0, 0.05) is 25.3 Å². The molecule has 0 aliphatic carbocycles. The quantitative estimate of drug-likeness (QED) is 0.836. The number of hydrogen-bond acceptors (Lipinski definition) is 3. The lowest BCUT2D eigenvalue weighted by Gasteiger charge is -2.19. The molecule has 1 fully saturated rings. The predicted molar refractivity (Wildman–Crippen MR) is 66.8 cm³/mol.